The molecule has 5 heteroatoms. The smallest absolute Gasteiger partial charge is 0.258 e. The molecule has 0 unspecified atom stereocenters. The zero-order chi connectivity index (χ0) is 22.0. The molecule has 0 amide bonds. The zero-order valence-corrected chi connectivity index (χ0v) is 19.0. The molecule has 0 atom stereocenters. The second-order valence-electron chi connectivity index (χ2n) is 8.92. The van der Waals surface area contributed by atoms with Crippen LogP contribution in [0, 0.1) is 12.8 Å². The summed E-state index contributed by atoms with van der Waals surface area (Å²) in [5.74, 6) is 0.701. The van der Waals surface area contributed by atoms with Crippen LogP contribution in [0.5, 0.6) is 0 Å². The third kappa shape index (κ3) is 4.72. The van der Waals surface area contributed by atoms with Crippen LogP contribution in [0.2, 0.25) is 0 Å². The first-order chi connectivity index (χ1) is 14.9. The van der Waals surface area contributed by atoms with Crippen molar-refractivity contribution in [2.75, 3.05) is 37.6 Å². The van der Waals surface area contributed by atoms with Crippen molar-refractivity contribution < 1.29 is 0 Å². The molecule has 1 N–H and O–H groups in total. The minimum Gasteiger partial charge on any atom is -0.369 e. The van der Waals surface area contributed by atoms with Gasteiger partial charge >= 0.3 is 0 Å². The fourth-order valence-electron chi connectivity index (χ4n) is 4.40. The van der Waals surface area contributed by atoms with Gasteiger partial charge in [-0.2, -0.15) is 0 Å². The lowest BCUT2D eigenvalue weighted by Crippen LogP contribution is -2.47. The Bertz CT molecular complexity index is 1110. The number of anilines is 1. The Labute approximate surface area is 184 Å². The highest BCUT2D eigenvalue weighted by Gasteiger charge is 2.19. The first kappa shape index (κ1) is 21.3. The van der Waals surface area contributed by atoms with Gasteiger partial charge in [0.2, 0.25) is 0 Å². The number of piperazine rings is 1. The fraction of sp³-hybridized carbons (Fsp3) is 0.385. The molecule has 3 aliphatic rings. The van der Waals surface area contributed by atoms with Crippen LogP contribution in [0.1, 0.15) is 31.9 Å². The Morgan fingerprint density at radius 2 is 1.81 bits per heavy atom. The Balaban J connectivity index is 1.60. The van der Waals surface area contributed by atoms with Crippen LogP contribution in [0.4, 0.5) is 11.4 Å². The third-order valence-electron chi connectivity index (χ3n) is 5.99. The summed E-state index contributed by atoms with van der Waals surface area (Å²) in [4.78, 5) is 25.5. The van der Waals surface area contributed by atoms with Crippen molar-refractivity contribution >= 4 is 17.1 Å². The van der Waals surface area contributed by atoms with Crippen LogP contribution >= 0.6 is 0 Å². The summed E-state index contributed by atoms with van der Waals surface area (Å²) in [6.45, 7) is 14.0. The molecule has 2 heterocycles. The van der Waals surface area contributed by atoms with Crippen molar-refractivity contribution in [2.24, 2.45) is 10.9 Å². The molecular weight excluding hydrogens is 384 g/mol. The lowest BCUT2D eigenvalue weighted by atomic mass is 10.1. The Kier molecular flexibility index (Phi) is 6.23. The summed E-state index contributed by atoms with van der Waals surface area (Å²) < 4.78 is 0. The van der Waals surface area contributed by atoms with Gasteiger partial charge in [-0.1, -0.05) is 44.2 Å². The standard InChI is InChI=1S/C26H32N4O/c1-18(2)17-29-12-14-30(15-13-29)21-11-10-19(3)24(16-21)27-20(4)25-22-8-6-5-7-9-23(22)28-26(25)31/h5-11,16,18H,12-15,17H2,1-4H3,(H,28,31)/b27-20+. The Morgan fingerprint density at radius 3 is 2.55 bits per heavy atom. The van der Waals surface area contributed by atoms with E-state index in [1.165, 1.54) is 5.69 Å². The van der Waals surface area contributed by atoms with E-state index in [1.54, 1.807) is 0 Å². The molecular formula is C26H32N4O. The zero-order valence-electron chi connectivity index (χ0n) is 19.0. The van der Waals surface area contributed by atoms with Crippen LogP contribution in [-0.4, -0.2) is 48.3 Å². The van der Waals surface area contributed by atoms with E-state index >= 15 is 0 Å². The maximum absolute atomic E-state index is 12.6. The number of aryl methyl sites for hydroxylation is 1. The van der Waals surface area contributed by atoms with Gasteiger partial charge < -0.3 is 9.88 Å². The number of benzene rings is 1. The fourth-order valence-corrected chi connectivity index (χ4v) is 4.40. The molecule has 162 valence electrons. The number of hydrogen-bond donors (Lipinski definition) is 1. The number of nitrogens with one attached hydrogen (secondary N) is 1. The van der Waals surface area contributed by atoms with E-state index in [-0.39, 0.29) is 5.56 Å². The summed E-state index contributed by atoms with van der Waals surface area (Å²) in [6, 6.07) is 16.2. The summed E-state index contributed by atoms with van der Waals surface area (Å²) in [5, 5.41) is 0. The van der Waals surface area contributed by atoms with Crippen molar-refractivity contribution in [3.63, 3.8) is 0 Å². The summed E-state index contributed by atoms with van der Waals surface area (Å²) in [7, 11) is 0. The van der Waals surface area contributed by atoms with Gasteiger partial charge in [0.15, 0.2) is 0 Å². The molecule has 0 radical (unpaired) electrons. The topological polar surface area (TPSA) is 51.7 Å². The summed E-state index contributed by atoms with van der Waals surface area (Å²) in [6.07, 6.45) is 0. The Hall–Kier alpha value is -2.92. The molecule has 1 aliphatic carbocycles. The van der Waals surface area contributed by atoms with Crippen molar-refractivity contribution in [3.8, 4) is 11.3 Å². The second kappa shape index (κ2) is 9.06. The molecule has 5 nitrogen and oxygen atoms in total. The van der Waals surface area contributed by atoms with Gasteiger partial charge in [0.1, 0.15) is 0 Å². The van der Waals surface area contributed by atoms with Crippen LogP contribution in [0.3, 0.4) is 0 Å². The molecule has 1 fully saturated rings. The number of hydrogen-bond acceptors (Lipinski definition) is 4. The molecule has 0 spiro atoms. The van der Waals surface area contributed by atoms with Crippen molar-refractivity contribution in [3.05, 3.63) is 70.0 Å². The molecule has 1 saturated heterocycles. The number of aromatic amines is 1. The van der Waals surface area contributed by atoms with Crippen LogP contribution < -0.4 is 10.5 Å². The summed E-state index contributed by atoms with van der Waals surface area (Å²) >= 11 is 0. The van der Waals surface area contributed by atoms with Gasteiger partial charge in [-0.15, -0.1) is 0 Å². The van der Waals surface area contributed by atoms with E-state index < -0.39 is 0 Å². The molecule has 0 aromatic heterocycles. The predicted octanol–water partition coefficient (Wildman–Crippen LogP) is 4.71. The monoisotopic (exact) mass is 416 g/mol. The number of nitrogens with zero attached hydrogens (tertiary/aromatic N) is 3. The van der Waals surface area contributed by atoms with Crippen molar-refractivity contribution in [2.45, 2.75) is 27.7 Å². The highest BCUT2D eigenvalue weighted by atomic mass is 16.1. The lowest BCUT2D eigenvalue weighted by Gasteiger charge is -2.37. The molecule has 0 saturated carbocycles. The van der Waals surface area contributed by atoms with Gasteiger partial charge in [-0.25, -0.2) is 0 Å². The van der Waals surface area contributed by atoms with E-state index in [1.807, 2.05) is 37.3 Å². The molecule has 4 rings (SSSR count). The minimum atomic E-state index is -0.0856. The molecule has 0 bridgehead atoms. The maximum atomic E-state index is 12.6. The second-order valence-corrected chi connectivity index (χ2v) is 8.92. The lowest BCUT2D eigenvalue weighted by molar-refractivity contribution is 0.231. The number of fused-ring (bicyclic) bond motifs is 1. The average Bonchev–Trinajstić information content (AvgIpc) is 2.88. The van der Waals surface area contributed by atoms with E-state index in [0.717, 1.165) is 60.9 Å². The summed E-state index contributed by atoms with van der Waals surface area (Å²) in [5.41, 5.74) is 6.29. The molecule has 31 heavy (non-hydrogen) atoms. The van der Waals surface area contributed by atoms with Gasteiger partial charge in [0, 0.05) is 49.7 Å². The number of rotatable bonds is 5. The molecule has 1 aromatic carbocycles. The van der Waals surface area contributed by atoms with Crippen LogP contribution in [-0.2, 0) is 0 Å². The van der Waals surface area contributed by atoms with Crippen molar-refractivity contribution in [1.29, 1.82) is 0 Å². The normalized spacial score (nSPS) is 15.8. The first-order valence-corrected chi connectivity index (χ1v) is 11.2. The van der Waals surface area contributed by atoms with Gasteiger partial charge in [-0.3, -0.25) is 14.7 Å². The predicted molar refractivity (Wildman–Crippen MR) is 130 cm³/mol. The van der Waals surface area contributed by atoms with Crippen LogP contribution in [0.15, 0.2) is 58.3 Å². The van der Waals surface area contributed by atoms with E-state index in [9.17, 15) is 4.79 Å². The van der Waals surface area contributed by atoms with Crippen LogP contribution in [0.25, 0.3) is 11.3 Å². The Morgan fingerprint density at radius 1 is 1.06 bits per heavy atom. The van der Waals surface area contributed by atoms with E-state index in [4.69, 9.17) is 4.99 Å². The third-order valence-corrected chi connectivity index (χ3v) is 5.99. The average molecular weight is 417 g/mol. The van der Waals surface area contributed by atoms with Crippen molar-refractivity contribution in [1.82, 2.24) is 9.88 Å². The minimum absolute atomic E-state index is 0.0856. The quantitative estimate of drug-likeness (QED) is 0.613. The maximum Gasteiger partial charge on any atom is 0.258 e. The van der Waals surface area contributed by atoms with Gasteiger partial charge in [0.25, 0.3) is 5.56 Å². The van der Waals surface area contributed by atoms with E-state index in [2.05, 4.69) is 53.8 Å². The first-order valence-electron chi connectivity index (χ1n) is 11.2. The number of aliphatic imine (C=N–C) groups is 1. The molecule has 2 aliphatic heterocycles. The number of aromatic nitrogens is 1. The van der Waals surface area contributed by atoms with Gasteiger partial charge in [0.05, 0.1) is 17.0 Å². The number of H-pyrrole nitrogens is 1. The van der Waals surface area contributed by atoms with E-state index in [0.29, 0.717) is 11.5 Å². The molecule has 1 aromatic rings. The SMILES string of the molecule is C/C(=N\c1cc(N2CCN(CC(C)C)CC2)ccc1C)c1c2cccccc-2[nH]c1=O. The van der Waals surface area contributed by atoms with Gasteiger partial charge in [-0.05, 0) is 43.5 Å². The highest BCUT2D eigenvalue weighted by molar-refractivity contribution is 6.05. The largest absolute Gasteiger partial charge is 0.369 e. The highest BCUT2D eigenvalue weighted by Crippen LogP contribution is 2.28.